The second kappa shape index (κ2) is 7.91. The van der Waals surface area contributed by atoms with Crippen LogP contribution in [0.2, 0.25) is 0 Å². The van der Waals surface area contributed by atoms with Crippen molar-refractivity contribution in [2.45, 2.75) is 71.3 Å². The molecule has 144 valence electrons. The van der Waals surface area contributed by atoms with Crippen LogP contribution in [0.3, 0.4) is 0 Å². The molecule has 2 aliphatic rings. The van der Waals surface area contributed by atoms with Gasteiger partial charge in [-0.1, -0.05) is 13.8 Å². The number of carbonyl (C=O) groups excluding carboxylic acids is 2. The number of piperidine rings is 1. The molecule has 2 amide bonds. The van der Waals surface area contributed by atoms with Gasteiger partial charge in [0.25, 0.3) is 0 Å². The largest absolute Gasteiger partial charge is 0.444 e. The lowest BCUT2D eigenvalue weighted by Crippen LogP contribution is -2.54. The fourth-order valence-corrected chi connectivity index (χ4v) is 3.22. The van der Waals surface area contributed by atoms with Crippen LogP contribution >= 0.6 is 0 Å². The maximum Gasteiger partial charge on any atom is 0.408 e. The van der Waals surface area contributed by atoms with Gasteiger partial charge in [-0.15, -0.1) is 0 Å². The minimum atomic E-state index is -0.593. The molecule has 0 aliphatic carbocycles. The van der Waals surface area contributed by atoms with E-state index in [0.29, 0.717) is 45.6 Å². The predicted molar refractivity (Wildman–Crippen MR) is 93.1 cm³/mol. The van der Waals surface area contributed by atoms with Gasteiger partial charge in [-0.3, -0.25) is 4.79 Å². The highest BCUT2D eigenvalue weighted by Gasteiger charge is 2.42. The summed E-state index contributed by atoms with van der Waals surface area (Å²) in [6, 6.07) is -0.575. The van der Waals surface area contributed by atoms with Crippen molar-refractivity contribution in [3.05, 3.63) is 0 Å². The summed E-state index contributed by atoms with van der Waals surface area (Å²) in [5.74, 6) is -0.294. The van der Waals surface area contributed by atoms with Crippen LogP contribution in [0.1, 0.15) is 53.9 Å². The summed E-state index contributed by atoms with van der Waals surface area (Å²) in [7, 11) is 0. The Labute approximate surface area is 150 Å². The Morgan fingerprint density at radius 1 is 1.16 bits per heavy atom. The van der Waals surface area contributed by atoms with Gasteiger partial charge in [0.05, 0.1) is 13.2 Å². The number of nitrogens with one attached hydrogen (secondary N) is 1. The Kier molecular flexibility index (Phi) is 6.32. The van der Waals surface area contributed by atoms with Gasteiger partial charge in [0.2, 0.25) is 5.91 Å². The minimum Gasteiger partial charge on any atom is -0.444 e. The van der Waals surface area contributed by atoms with E-state index in [0.717, 1.165) is 0 Å². The van der Waals surface area contributed by atoms with Crippen molar-refractivity contribution in [3.8, 4) is 0 Å². The van der Waals surface area contributed by atoms with Crippen molar-refractivity contribution in [1.29, 1.82) is 0 Å². The van der Waals surface area contributed by atoms with Gasteiger partial charge in [0.15, 0.2) is 5.79 Å². The number of nitrogens with zero attached hydrogens (tertiary/aromatic N) is 1. The fourth-order valence-electron chi connectivity index (χ4n) is 3.22. The van der Waals surface area contributed by atoms with Gasteiger partial charge in [0.1, 0.15) is 11.6 Å². The van der Waals surface area contributed by atoms with Gasteiger partial charge in [-0.25, -0.2) is 4.79 Å². The fraction of sp³-hybridized carbons (Fsp3) is 0.889. The molecule has 0 unspecified atom stereocenters. The van der Waals surface area contributed by atoms with Gasteiger partial charge < -0.3 is 24.4 Å². The monoisotopic (exact) mass is 356 g/mol. The van der Waals surface area contributed by atoms with E-state index in [1.54, 1.807) is 25.7 Å². The Balaban J connectivity index is 1.94. The molecule has 2 rings (SSSR count). The summed E-state index contributed by atoms with van der Waals surface area (Å²) in [6.45, 7) is 11.8. The highest BCUT2D eigenvalue weighted by Crippen LogP contribution is 2.31. The van der Waals surface area contributed by atoms with Crippen molar-refractivity contribution in [2.24, 2.45) is 5.92 Å². The third-order valence-electron chi connectivity index (χ3n) is 4.35. The molecule has 0 saturated carbocycles. The summed E-state index contributed by atoms with van der Waals surface area (Å²) >= 11 is 0. The number of amides is 2. The molecule has 0 radical (unpaired) electrons. The van der Waals surface area contributed by atoms with Crippen LogP contribution in [0.5, 0.6) is 0 Å². The third kappa shape index (κ3) is 5.85. The first kappa shape index (κ1) is 20.0. The molecule has 7 heteroatoms. The zero-order chi connectivity index (χ0) is 18.7. The maximum absolute atomic E-state index is 12.9. The lowest BCUT2D eigenvalue weighted by atomic mass is 9.99. The molecule has 1 spiro atoms. The predicted octanol–water partition coefficient (Wildman–Crippen LogP) is 2.29. The van der Waals surface area contributed by atoms with Gasteiger partial charge >= 0.3 is 6.09 Å². The van der Waals surface area contributed by atoms with Crippen LogP contribution in [0.4, 0.5) is 4.79 Å². The zero-order valence-corrected chi connectivity index (χ0v) is 16.1. The van der Waals surface area contributed by atoms with E-state index in [4.69, 9.17) is 14.2 Å². The van der Waals surface area contributed by atoms with E-state index in [2.05, 4.69) is 5.32 Å². The molecule has 0 aromatic carbocycles. The quantitative estimate of drug-likeness (QED) is 0.836. The van der Waals surface area contributed by atoms with Crippen molar-refractivity contribution in [1.82, 2.24) is 10.2 Å². The lowest BCUT2D eigenvalue weighted by Gasteiger charge is -2.39. The van der Waals surface area contributed by atoms with Crippen molar-refractivity contribution < 1.29 is 23.8 Å². The standard InChI is InChI=1S/C18H32N2O5/c1-13(2)12-14(19-16(22)25-17(3,4)5)15(21)20-8-6-18(7-9-20)23-10-11-24-18/h13-14H,6-12H2,1-5H3,(H,19,22)/t14-/m1/s1. The van der Waals surface area contributed by atoms with Gasteiger partial charge in [0, 0.05) is 25.9 Å². The highest BCUT2D eigenvalue weighted by atomic mass is 16.7. The normalized spacial score (nSPS) is 21.4. The SMILES string of the molecule is CC(C)C[C@@H](NC(=O)OC(C)(C)C)C(=O)N1CCC2(CC1)OCCO2. The van der Waals surface area contributed by atoms with Crippen molar-refractivity contribution in [2.75, 3.05) is 26.3 Å². The molecule has 1 N–H and O–H groups in total. The molecule has 2 aliphatic heterocycles. The molecule has 7 nitrogen and oxygen atoms in total. The van der Waals surface area contributed by atoms with Crippen molar-refractivity contribution in [3.63, 3.8) is 0 Å². The van der Waals surface area contributed by atoms with Crippen LogP contribution in [-0.2, 0) is 19.0 Å². The molecule has 0 bridgehead atoms. The smallest absolute Gasteiger partial charge is 0.408 e. The maximum atomic E-state index is 12.9. The van der Waals surface area contributed by atoms with Crippen LogP contribution in [-0.4, -0.2) is 60.6 Å². The first-order valence-electron chi connectivity index (χ1n) is 9.16. The number of carbonyl (C=O) groups is 2. The second-order valence-corrected chi connectivity index (χ2v) is 8.26. The number of rotatable bonds is 4. The summed E-state index contributed by atoms with van der Waals surface area (Å²) in [5.41, 5.74) is -0.593. The molecular formula is C18H32N2O5. The van der Waals surface area contributed by atoms with Crippen LogP contribution in [0.15, 0.2) is 0 Å². The minimum absolute atomic E-state index is 0.0626. The van der Waals surface area contributed by atoms with E-state index in [1.807, 2.05) is 13.8 Å². The summed E-state index contributed by atoms with van der Waals surface area (Å²) in [4.78, 5) is 26.8. The molecule has 2 saturated heterocycles. The average molecular weight is 356 g/mol. The van der Waals surface area contributed by atoms with E-state index in [9.17, 15) is 9.59 Å². The van der Waals surface area contributed by atoms with Crippen molar-refractivity contribution >= 4 is 12.0 Å². The Morgan fingerprint density at radius 2 is 1.72 bits per heavy atom. The molecule has 1 atom stereocenters. The van der Waals surface area contributed by atoms with E-state index in [1.165, 1.54) is 0 Å². The van der Waals surface area contributed by atoms with E-state index < -0.39 is 23.5 Å². The Hall–Kier alpha value is -1.34. The topological polar surface area (TPSA) is 77.1 Å². The zero-order valence-electron chi connectivity index (χ0n) is 16.1. The first-order valence-corrected chi connectivity index (χ1v) is 9.16. The van der Waals surface area contributed by atoms with E-state index >= 15 is 0 Å². The summed E-state index contributed by atoms with van der Waals surface area (Å²) < 4.78 is 16.7. The lowest BCUT2D eigenvalue weighted by molar-refractivity contribution is -0.188. The highest BCUT2D eigenvalue weighted by molar-refractivity contribution is 5.85. The summed E-state index contributed by atoms with van der Waals surface area (Å²) in [5, 5.41) is 2.75. The number of ether oxygens (including phenoxy) is 3. The van der Waals surface area contributed by atoms with E-state index in [-0.39, 0.29) is 11.8 Å². The molecule has 25 heavy (non-hydrogen) atoms. The third-order valence-corrected chi connectivity index (χ3v) is 4.35. The molecular weight excluding hydrogens is 324 g/mol. The number of hydrogen-bond donors (Lipinski definition) is 1. The molecule has 2 fully saturated rings. The number of likely N-dealkylation sites (tertiary alicyclic amines) is 1. The number of hydrogen-bond acceptors (Lipinski definition) is 5. The Morgan fingerprint density at radius 3 is 2.20 bits per heavy atom. The van der Waals surface area contributed by atoms with Gasteiger partial charge in [-0.05, 0) is 33.1 Å². The number of alkyl carbamates (subject to hydrolysis) is 1. The average Bonchev–Trinajstić information content (AvgIpc) is 2.92. The molecule has 2 heterocycles. The first-order chi connectivity index (χ1) is 11.6. The molecule has 0 aromatic rings. The second-order valence-electron chi connectivity index (χ2n) is 8.26. The summed E-state index contributed by atoms with van der Waals surface area (Å²) in [6.07, 6.45) is 1.36. The van der Waals surface area contributed by atoms with Crippen LogP contribution in [0, 0.1) is 5.92 Å². The van der Waals surface area contributed by atoms with Crippen LogP contribution < -0.4 is 5.32 Å². The van der Waals surface area contributed by atoms with Crippen LogP contribution in [0.25, 0.3) is 0 Å². The molecule has 0 aromatic heterocycles. The van der Waals surface area contributed by atoms with Gasteiger partial charge in [-0.2, -0.15) is 0 Å². The Bertz CT molecular complexity index is 470.